The molecule has 1 saturated heterocycles. The highest BCUT2D eigenvalue weighted by Gasteiger charge is 2.37. The highest BCUT2D eigenvalue weighted by molar-refractivity contribution is 5.83. The Labute approximate surface area is 102 Å². The van der Waals surface area contributed by atoms with E-state index in [0.29, 0.717) is 13.2 Å². The van der Waals surface area contributed by atoms with Crippen molar-refractivity contribution < 1.29 is 19.4 Å². The van der Waals surface area contributed by atoms with Crippen LogP contribution >= 0.6 is 0 Å². The number of carbonyl (C=O) groups excluding carboxylic acids is 1. The summed E-state index contributed by atoms with van der Waals surface area (Å²) in [5.41, 5.74) is -0.523. The first-order valence-electron chi connectivity index (χ1n) is 5.98. The molecule has 2 N–H and O–H groups in total. The van der Waals surface area contributed by atoms with Gasteiger partial charge in [-0.1, -0.05) is 0 Å². The van der Waals surface area contributed by atoms with Crippen LogP contribution in [0.3, 0.4) is 0 Å². The Bertz CT molecular complexity index is 297. The standard InChI is InChI=1S/C12H21NO4/c1-8(10(14)15)9(2)13-11(16)12(3)5-4-6-17-7-12/h8-9H,4-7H2,1-3H3,(H,13,16)(H,14,15). The average Bonchev–Trinajstić information content (AvgIpc) is 2.28. The van der Waals surface area contributed by atoms with Gasteiger partial charge in [0.05, 0.1) is 17.9 Å². The van der Waals surface area contributed by atoms with Crippen molar-refractivity contribution in [3.8, 4) is 0 Å². The summed E-state index contributed by atoms with van der Waals surface area (Å²) < 4.78 is 5.32. The molecule has 0 saturated carbocycles. The van der Waals surface area contributed by atoms with E-state index in [1.807, 2.05) is 6.92 Å². The molecule has 1 aliphatic rings. The lowest BCUT2D eigenvalue weighted by Gasteiger charge is -2.33. The Hall–Kier alpha value is -1.10. The predicted octanol–water partition coefficient (Wildman–Crippen LogP) is 1.03. The fourth-order valence-electron chi connectivity index (χ4n) is 1.83. The third-order valence-electron chi connectivity index (χ3n) is 3.48. The van der Waals surface area contributed by atoms with Crippen LogP contribution in [0.4, 0.5) is 0 Å². The van der Waals surface area contributed by atoms with Gasteiger partial charge in [0.2, 0.25) is 5.91 Å². The minimum Gasteiger partial charge on any atom is -0.481 e. The second-order valence-corrected chi connectivity index (χ2v) is 5.11. The maximum absolute atomic E-state index is 12.1. The number of nitrogens with one attached hydrogen (secondary N) is 1. The van der Waals surface area contributed by atoms with Crippen LogP contribution in [0.15, 0.2) is 0 Å². The van der Waals surface area contributed by atoms with Gasteiger partial charge in [0.25, 0.3) is 0 Å². The van der Waals surface area contributed by atoms with Gasteiger partial charge in [-0.3, -0.25) is 9.59 Å². The van der Waals surface area contributed by atoms with Crippen molar-refractivity contribution in [2.45, 2.75) is 39.7 Å². The van der Waals surface area contributed by atoms with Gasteiger partial charge in [0.15, 0.2) is 0 Å². The molecule has 1 aliphatic heterocycles. The number of rotatable bonds is 4. The number of carboxylic acid groups (broad SMARTS) is 1. The Morgan fingerprint density at radius 2 is 2.06 bits per heavy atom. The van der Waals surface area contributed by atoms with Gasteiger partial charge in [-0.15, -0.1) is 0 Å². The maximum atomic E-state index is 12.1. The van der Waals surface area contributed by atoms with Crippen LogP contribution in [0.2, 0.25) is 0 Å². The van der Waals surface area contributed by atoms with Gasteiger partial charge >= 0.3 is 5.97 Å². The second kappa shape index (κ2) is 5.49. The van der Waals surface area contributed by atoms with E-state index in [9.17, 15) is 9.59 Å². The first kappa shape index (κ1) is 14.0. The molecule has 3 unspecified atom stereocenters. The zero-order valence-electron chi connectivity index (χ0n) is 10.7. The van der Waals surface area contributed by atoms with E-state index in [4.69, 9.17) is 9.84 Å². The number of hydrogen-bond acceptors (Lipinski definition) is 3. The van der Waals surface area contributed by atoms with Gasteiger partial charge in [0.1, 0.15) is 0 Å². The summed E-state index contributed by atoms with van der Waals surface area (Å²) in [5.74, 6) is -1.60. The minimum absolute atomic E-state index is 0.113. The molecule has 0 aliphatic carbocycles. The van der Waals surface area contributed by atoms with E-state index < -0.39 is 17.3 Å². The van der Waals surface area contributed by atoms with E-state index in [0.717, 1.165) is 12.8 Å². The molecule has 0 aromatic rings. The topological polar surface area (TPSA) is 75.6 Å². The SMILES string of the molecule is CC(NC(=O)C1(C)CCCOC1)C(C)C(=O)O. The van der Waals surface area contributed by atoms with Crippen LogP contribution in [0.5, 0.6) is 0 Å². The molecule has 1 heterocycles. The van der Waals surface area contributed by atoms with Crippen molar-refractivity contribution in [2.75, 3.05) is 13.2 Å². The molecule has 0 aromatic carbocycles. The van der Waals surface area contributed by atoms with Crippen LogP contribution in [-0.2, 0) is 14.3 Å². The summed E-state index contributed by atoms with van der Waals surface area (Å²) in [4.78, 5) is 22.9. The maximum Gasteiger partial charge on any atom is 0.308 e. The van der Waals surface area contributed by atoms with Crippen LogP contribution < -0.4 is 5.32 Å². The van der Waals surface area contributed by atoms with Gasteiger partial charge < -0.3 is 15.2 Å². The lowest BCUT2D eigenvalue weighted by molar-refractivity contribution is -0.143. The zero-order valence-corrected chi connectivity index (χ0v) is 10.7. The van der Waals surface area contributed by atoms with Crippen LogP contribution in [0.25, 0.3) is 0 Å². The number of carboxylic acids is 1. The van der Waals surface area contributed by atoms with Gasteiger partial charge in [-0.2, -0.15) is 0 Å². The predicted molar refractivity (Wildman–Crippen MR) is 62.6 cm³/mol. The summed E-state index contributed by atoms with van der Waals surface area (Å²) in [6.45, 7) is 6.27. The van der Waals surface area contributed by atoms with Crippen molar-refractivity contribution >= 4 is 11.9 Å². The first-order chi connectivity index (χ1) is 7.87. The quantitative estimate of drug-likeness (QED) is 0.773. The Morgan fingerprint density at radius 1 is 1.41 bits per heavy atom. The van der Waals surface area contributed by atoms with E-state index in [-0.39, 0.29) is 11.9 Å². The van der Waals surface area contributed by atoms with Crippen molar-refractivity contribution in [2.24, 2.45) is 11.3 Å². The normalized spacial score (nSPS) is 28.2. The molecule has 17 heavy (non-hydrogen) atoms. The molecule has 1 fully saturated rings. The molecule has 0 radical (unpaired) electrons. The third kappa shape index (κ3) is 3.43. The molecular formula is C12H21NO4. The van der Waals surface area contributed by atoms with Gasteiger partial charge in [-0.05, 0) is 33.6 Å². The van der Waals surface area contributed by atoms with Crippen LogP contribution in [-0.4, -0.2) is 36.2 Å². The zero-order chi connectivity index (χ0) is 13.1. The minimum atomic E-state index is -0.900. The molecular weight excluding hydrogens is 222 g/mol. The molecule has 5 heteroatoms. The third-order valence-corrected chi connectivity index (χ3v) is 3.48. The Morgan fingerprint density at radius 3 is 2.53 bits per heavy atom. The Balaban J connectivity index is 2.56. The van der Waals surface area contributed by atoms with Crippen LogP contribution in [0, 0.1) is 11.3 Å². The second-order valence-electron chi connectivity index (χ2n) is 5.11. The summed E-state index contributed by atoms with van der Waals surface area (Å²) in [6, 6.07) is -0.376. The van der Waals surface area contributed by atoms with Crippen LogP contribution in [0.1, 0.15) is 33.6 Å². The number of amides is 1. The Kier molecular flexibility index (Phi) is 4.51. The monoisotopic (exact) mass is 243 g/mol. The van der Waals surface area contributed by atoms with Gasteiger partial charge in [-0.25, -0.2) is 0 Å². The molecule has 0 aromatic heterocycles. The summed E-state index contributed by atoms with van der Waals surface area (Å²) in [7, 11) is 0. The molecule has 98 valence electrons. The smallest absolute Gasteiger partial charge is 0.308 e. The lowest BCUT2D eigenvalue weighted by atomic mass is 9.83. The largest absolute Gasteiger partial charge is 0.481 e. The molecule has 1 rings (SSSR count). The van der Waals surface area contributed by atoms with Crippen molar-refractivity contribution in [1.29, 1.82) is 0 Å². The van der Waals surface area contributed by atoms with E-state index >= 15 is 0 Å². The van der Waals surface area contributed by atoms with E-state index in [2.05, 4.69) is 5.32 Å². The summed E-state index contributed by atoms with van der Waals surface area (Å²) >= 11 is 0. The number of carbonyl (C=O) groups is 2. The molecule has 0 spiro atoms. The highest BCUT2D eigenvalue weighted by Crippen LogP contribution is 2.28. The number of aliphatic carboxylic acids is 1. The summed E-state index contributed by atoms with van der Waals surface area (Å²) in [6.07, 6.45) is 1.65. The lowest BCUT2D eigenvalue weighted by Crippen LogP contribution is -2.49. The van der Waals surface area contributed by atoms with Gasteiger partial charge in [0, 0.05) is 12.6 Å². The fourth-order valence-corrected chi connectivity index (χ4v) is 1.83. The van der Waals surface area contributed by atoms with E-state index in [1.165, 1.54) is 0 Å². The number of hydrogen-bond donors (Lipinski definition) is 2. The molecule has 3 atom stereocenters. The average molecular weight is 243 g/mol. The molecule has 0 bridgehead atoms. The molecule has 5 nitrogen and oxygen atoms in total. The van der Waals surface area contributed by atoms with Crippen molar-refractivity contribution in [3.63, 3.8) is 0 Å². The summed E-state index contributed by atoms with van der Waals surface area (Å²) in [5, 5.41) is 11.6. The van der Waals surface area contributed by atoms with E-state index in [1.54, 1.807) is 13.8 Å². The first-order valence-corrected chi connectivity index (χ1v) is 5.98. The number of ether oxygens (including phenoxy) is 1. The van der Waals surface area contributed by atoms with Crippen molar-refractivity contribution in [3.05, 3.63) is 0 Å². The fraction of sp³-hybridized carbons (Fsp3) is 0.833. The van der Waals surface area contributed by atoms with Crippen molar-refractivity contribution in [1.82, 2.24) is 5.32 Å². The highest BCUT2D eigenvalue weighted by atomic mass is 16.5. The molecule has 1 amide bonds.